The summed E-state index contributed by atoms with van der Waals surface area (Å²) < 4.78 is 5.43. The van der Waals surface area contributed by atoms with Gasteiger partial charge in [-0.2, -0.15) is 0 Å². The van der Waals surface area contributed by atoms with Gasteiger partial charge in [-0.1, -0.05) is 71.9 Å². The molecule has 0 radical (unpaired) electrons. The van der Waals surface area contributed by atoms with E-state index in [-0.39, 0.29) is 12.3 Å². The van der Waals surface area contributed by atoms with Crippen molar-refractivity contribution < 1.29 is 9.32 Å². The number of hydrogen-bond donors (Lipinski definition) is 1. The molecule has 0 fully saturated rings. The van der Waals surface area contributed by atoms with E-state index < -0.39 is 5.54 Å². The molecular weight excluding hydrogens is 348 g/mol. The normalized spacial score (nSPS) is 11.5. The predicted molar refractivity (Wildman–Crippen MR) is 111 cm³/mol. The molecule has 3 aromatic carbocycles. The number of aromatic nitrogens is 1. The van der Waals surface area contributed by atoms with Crippen LogP contribution >= 0.6 is 0 Å². The molecule has 0 unspecified atom stereocenters. The quantitative estimate of drug-likeness (QED) is 0.532. The first-order valence-corrected chi connectivity index (χ1v) is 9.33. The van der Waals surface area contributed by atoms with Gasteiger partial charge in [0.1, 0.15) is 5.69 Å². The van der Waals surface area contributed by atoms with Gasteiger partial charge in [-0.15, -0.1) is 0 Å². The largest absolute Gasteiger partial charge is 0.356 e. The number of benzene rings is 3. The molecule has 1 N–H and O–H groups in total. The zero-order chi connectivity index (χ0) is 19.6. The highest BCUT2D eigenvalue weighted by Gasteiger charge is 2.23. The molecule has 140 valence electrons. The van der Waals surface area contributed by atoms with Gasteiger partial charge in [0, 0.05) is 5.39 Å². The van der Waals surface area contributed by atoms with Gasteiger partial charge in [-0.3, -0.25) is 4.79 Å². The summed E-state index contributed by atoms with van der Waals surface area (Å²) in [6.07, 6.45) is 0.168. The zero-order valence-corrected chi connectivity index (χ0v) is 16.0. The van der Waals surface area contributed by atoms with E-state index in [4.69, 9.17) is 4.52 Å². The summed E-state index contributed by atoms with van der Waals surface area (Å²) in [5.74, 6) is -0.0887. The van der Waals surface area contributed by atoms with Crippen molar-refractivity contribution in [3.63, 3.8) is 0 Å². The Hall–Kier alpha value is -3.40. The molecule has 0 spiro atoms. The van der Waals surface area contributed by atoms with Crippen molar-refractivity contribution in [1.82, 2.24) is 10.5 Å². The van der Waals surface area contributed by atoms with Gasteiger partial charge >= 0.3 is 0 Å². The van der Waals surface area contributed by atoms with Crippen LogP contribution in [0, 0.1) is 0 Å². The van der Waals surface area contributed by atoms with E-state index in [2.05, 4.69) is 22.6 Å². The summed E-state index contributed by atoms with van der Waals surface area (Å²) in [6.45, 7) is 3.99. The summed E-state index contributed by atoms with van der Waals surface area (Å²) in [7, 11) is 0. The fourth-order valence-electron chi connectivity index (χ4n) is 3.40. The van der Waals surface area contributed by atoms with Crippen LogP contribution in [0.25, 0.3) is 22.1 Å². The number of fused-ring (bicyclic) bond motifs is 1. The van der Waals surface area contributed by atoms with E-state index in [0.29, 0.717) is 11.3 Å². The molecule has 0 aliphatic rings. The molecule has 0 aliphatic carbocycles. The van der Waals surface area contributed by atoms with Crippen molar-refractivity contribution >= 4 is 16.9 Å². The van der Waals surface area contributed by atoms with Gasteiger partial charge in [0.05, 0.1) is 12.0 Å². The Morgan fingerprint density at radius 1 is 0.929 bits per heavy atom. The van der Waals surface area contributed by atoms with E-state index in [1.807, 2.05) is 80.6 Å². The molecule has 1 amide bonds. The maximum absolute atomic E-state index is 12.7. The minimum Gasteiger partial charge on any atom is -0.356 e. The lowest BCUT2D eigenvalue weighted by molar-refractivity contribution is -0.122. The molecule has 4 rings (SSSR count). The van der Waals surface area contributed by atoms with Gasteiger partial charge < -0.3 is 9.84 Å². The molecule has 4 heteroatoms. The average Bonchev–Trinajstić information content (AvgIpc) is 3.11. The highest BCUT2D eigenvalue weighted by atomic mass is 16.5. The lowest BCUT2D eigenvalue weighted by Gasteiger charge is -2.26. The second-order valence-corrected chi connectivity index (χ2v) is 7.42. The predicted octanol–water partition coefficient (Wildman–Crippen LogP) is 5.09. The second-order valence-electron chi connectivity index (χ2n) is 7.42. The van der Waals surface area contributed by atoms with Gasteiger partial charge in [0.25, 0.3) is 0 Å². The second kappa shape index (κ2) is 7.31. The number of rotatable bonds is 5. The van der Waals surface area contributed by atoms with Crippen LogP contribution in [0.4, 0.5) is 0 Å². The monoisotopic (exact) mass is 370 g/mol. The van der Waals surface area contributed by atoms with E-state index in [0.717, 1.165) is 22.1 Å². The van der Waals surface area contributed by atoms with Crippen LogP contribution in [0.15, 0.2) is 83.4 Å². The first-order chi connectivity index (χ1) is 13.5. The average molecular weight is 370 g/mol. The Labute approximate surface area is 164 Å². The molecule has 1 aromatic heterocycles. The molecular formula is C24H22N2O2. The van der Waals surface area contributed by atoms with E-state index >= 15 is 0 Å². The van der Waals surface area contributed by atoms with Crippen LogP contribution < -0.4 is 5.32 Å². The summed E-state index contributed by atoms with van der Waals surface area (Å²) in [4.78, 5) is 12.7. The van der Waals surface area contributed by atoms with Crippen molar-refractivity contribution in [2.45, 2.75) is 25.8 Å². The summed E-state index contributed by atoms with van der Waals surface area (Å²) in [5.41, 5.74) is 4.11. The third-order valence-corrected chi connectivity index (χ3v) is 4.93. The first-order valence-electron chi connectivity index (χ1n) is 9.33. The van der Waals surface area contributed by atoms with Crippen LogP contribution in [0.3, 0.4) is 0 Å². The Balaban J connectivity index is 1.57. The molecule has 4 aromatic rings. The van der Waals surface area contributed by atoms with Crippen molar-refractivity contribution in [3.05, 3.63) is 90.1 Å². The van der Waals surface area contributed by atoms with Crippen molar-refractivity contribution in [1.29, 1.82) is 0 Å². The minimum absolute atomic E-state index is 0.0887. The van der Waals surface area contributed by atoms with E-state index in [9.17, 15) is 4.79 Å². The van der Waals surface area contributed by atoms with Gasteiger partial charge in [0.15, 0.2) is 5.58 Å². The molecule has 0 saturated carbocycles. The molecule has 0 aliphatic heterocycles. The van der Waals surface area contributed by atoms with Crippen molar-refractivity contribution in [2.24, 2.45) is 0 Å². The number of hydrogen-bond acceptors (Lipinski definition) is 3. The van der Waals surface area contributed by atoms with Gasteiger partial charge in [-0.25, -0.2) is 0 Å². The van der Waals surface area contributed by atoms with E-state index in [1.165, 1.54) is 0 Å². The zero-order valence-electron chi connectivity index (χ0n) is 16.0. The number of carbonyl (C=O) groups is 1. The fraction of sp³-hybridized carbons (Fsp3) is 0.167. The SMILES string of the molecule is CC(C)(NC(=O)Cc1noc2ccc(-c3ccccc3)cc12)c1ccccc1. The number of nitrogens with zero attached hydrogens (tertiary/aromatic N) is 1. The lowest BCUT2D eigenvalue weighted by atomic mass is 9.94. The molecule has 0 atom stereocenters. The topological polar surface area (TPSA) is 55.1 Å². The standard InChI is InChI=1S/C24H22N2O2/c1-24(2,19-11-7-4-8-12-19)25-23(27)16-21-20-15-18(13-14-22(20)28-26-21)17-9-5-3-6-10-17/h3-15H,16H2,1-2H3,(H,25,27). The molecule has 0 bridgehead atoms. The number of carbonyl (C=O) groups excluding carboxylic acids is 1. The van der Waals surface area contributed by atoms with Crippen LogP contribution in [0.2, 0.25) is 0 Å². The number of nitrogens with one attached hydrogen (secondary N) is 1. The summed E-state index contributed by atoms with van der Waals surface area (Å²) in [5, 5.41) is 8.11. The smallest absolute Gasteiger partial charge is 0.226 e. The summed E-state index contributed by atoms with van der Waals surface area (Å²) >= 11 is 0. The molecule has 28 heavy (non-hydrogen) atoms. The Morgan fingerprint density at radius 3 is 2.32 bits per heavy atom. The molecule has 4 nitrogen and oxygen atoms in total. The van der Waals surface area contributed by atoms with Crippen molar-refractivity contribution in [2.75, 3.05) is 0 Å². The number of amides is 1. The van der Waals surface area contributed by atoms with E-state index in [1.54, 1.807) is 0 Å². The third kappa shape index (κ3) is 3.67. The Morgan fingerprint density at radius 2 is 1.61 bits per heavy atom. The van der Waals surface area contributed by atoms with Gasteiger partial charge in [-0.05, 0) is 42.7 Å². The van der Waals surface area contributed by atoms with Crippen LogP contribution in [0.5, 0.6) is 0 Å². The Kier molecular flexibility index (Phi) is 4.70. The van der Waals surface area contributed by atoms with Gasteiger partial charge in [0.2, 0.25) is 5.91 Å². The van der Waals surface area contributed by atoms with Crippen LogP contribution in [-0.4, -0.2) is 11.1 Å². The Bertz CT molecular complexity index is 1100. The first kappa shape index (κ1) is 18.0. The maximum Gasteiger partial charge on any atom is 0.226 e. The highest BCUT2D eigenvalue weighted by Crippen LogP contribution is 2.27. The molecule has 0 saturated heterocycles. The summed E-state index contributed by atoms with van der Waals surface area (Å²) in [6, 6.07) is 26.0. The minimum atomic E-state index is -0.465. The van der Waals surface area contributed by atoms with Crippen LogP contribution in [-0.2, 0) is 16.8 Å². The maximum atomic E-state index is 12.7. The lowest BCUT2D eigenvalue weighted by Crippen LogP contribution is -2.41. The highest BCUT2D eigenvalue weighted by molar-refractivity contribution is 5.89. The third-order valence-electron chi connectivity index (χ3n) is 4.93. The molecule has 1 heterocycles. The van der Waals surface area contributed by atoms with Crippen LogP contribution in [0.1, 0.15) is 25.1 Å². The fourth-order valence-corrected chi connectivity index (χ4v) is 3.40. The van der Waals surface area contributed by atoms with Crippen molar-refractivity contribution in [3.8, 4) is 11.1 Å².